The first-order chi connectivity index (χ1) is 10.6. The number of benzene rings is 2. The standard InChI is InChI=1S/C16H14Cl2N2O2/c17-13-7-4-8-14(18)12(13)10-16(22)20-19-15(21)9-11-5-2-1-3-6-11/h1-8H,9-10H2,(H,19,21)(H,20,22). The van der Waals surface area contributed by atoms with Gasteiger partial charge in [-0.2, -0.15) is 0 Å². The number of hydrogen-bond acceptors (Lipinski definition) is 2. The summed E-state index contributed by atoms with van der Waals surface area (Å²) in [6.45, 7) is 0. The second-order valence-electron chi connectivity index (χ2n) is 4.64. The highest BCUT2D eigenvalue weighted by molar-refractivity contribution is 6.36. The first-order valence-electron chi connectivity index (χ1n) is 6.61. The third-order valence-corrected chi connectivity index (χ3v) is 3.66. The summed E-state index contributed by atoms with van der Waals surface area (Å²) in [6, 6.07) is 14.3. The summed E-state index contributed by atoms with van der Waals surface area (Å²) in [5.41, 5.74) is 6.11. The first-order valence-corrected chi connectivity index (χ1v) is 7.36. The number of hydrazine groups is 1. The van der Waals surface area contributed by atoms with Gasteiger partial charge in [0.05, 0.1) is 12.8 Å². The zero-order valence-corrected chi connectivity index (χ0v) is 13.1. The normalized spacial score (nSPS) is 10.1. The van der Waals surface area contributed by atoms with Gasteiger partial charge in [-0.05, 0) is 23.3 Å². The van der Waals surface area contributed by atoms with Gasteiger partial charge in [0.2, 0.25) is 11.8 Å². The van der Waals surface area contributed by atoms with E-state index in [1.807, 2.05) is 30.3 Å². The largest absolute Gasteiger partial charge is 0.273 e. The molecule has 22 heavy (non-hydrogen) atoms. The molecule has 0 fully saturated rings. The molecule has 114 valence electrons. The average Bonchev–Trinajstić information content (AvgIpc) is 2.50. The van der Waals surface area contributed by atoms with Gasteiger partial charge >= 0.3 is 0 Å². The number of rotatable bonds is 4. The van der Waals surface area contributed by atoms with Gasteiger partial charge in [-0.3, -0.25) is 20.4 Å². The van der Waals surface area contributed by atoms with E-state index in [0.29, 0.717) is 15.6 Å². The maximum atomic E-state index is 11.8. The molecule has 6 heteroatoms. The molecule has 0 aromatic heterocycles. The van der Waals surface area contributed by atoms with E-state index in [0.717, 1.165) is 5.56 Å². The predicted octanol–water partition coefficient (Wildman–Crippen LogP) is 2.93. The quantitative estimate of drug-likeness (QED) is 0.843. The zero-order valence-electron chi connectivity index (χ0n) is 11.6. The smallest absolute Gasteiger partial charge is 0.242 e. The van der Waals surface area contributed by atoms with Gasteiger partial charge in [0.15, 0.2) is 0 Å². The minimum absolute atomic E-state index is 0.00980. The van der Waals surface area contributed by atoms with E-state index in [1.165, 1.54) is 0 Å². The predicted molar refractivity (Wildman–Crippen MR) is 86.6 cm³/mol. The molecule has 0 heterocycles. The van der Waals surface area contributed by atoms with Gasteiger partial charge < -0.3 is 0 Å². The minimum atomic E-state index is -0.392. The molecule has 0 bridgehead atoms. The Bertz CT molecular complexity index is 655. The highest BCUT2D eigenvalue weighted by Crippen LogP contribution is 2.24. The van der Waals surface area contributed by atoms with Crippen LogP contribution < -0.4 is 10.9 Å². The van der Waals surface area contributed by atoms with Crippen molar-refractivity contribution in [3.63, 3.8) is 0 Å². The lowest BCUT2D eigenvalue weighted by Crippen LogP contribution is -2.43. The molecule has 2 amide bonds. The van der Waals surface area contributed by atoms with E-state index in [2.05, 4.69) is 10.9 Å². The molecule has 0 saturated carbocycles. The van der Waals surface area contributed by atoms with Crippen molar-refractivity contribution in [2.24, 2.45) is 0 Å². The molecular formula is C16H14Cl2N2O2. The van der Waals surface area contributed by atoms with E-state index < -0.39 is 5.91 Å². The van der Waals surface area contributed by atoms with Crippen LogP contribution in [-0.4, -0.2) is 11.8 Å². The minimum Gasteiger partial charge on any atom is -0.273 e. The molecular weight excluding hydrogens is 323 g/mol. The molecule has 0 atom stereocenters. The second kappa shape index (κ2) is 7.82. The van der Waals surface area contributed by atoms with Crippen molar-refractivity contribution in [1.82, 2.24) is 10.9 Å². The lowest BCUT2D eigenvalue weighted by molar-refractivity contribution is -0.128. The molecule has 2 rings (SSSR count). The highest BCUT2D eigenvalue weighted by Gasteiger charge is 2.11. The van der Waals surface area contributed by atoms with Crippen LogP contribution in [0.25, 0.3) is 0 Å². The third-order valence-electron chi connectivity index (χ3n) is 2.95. The number of halogens is 2. The Morgan fingerprint density at radius 2 is 1.32 bits per heavy atom. The van der Waals surface area contributed by atoms with Crippen LogP contribution in [0.3, 0.4) is 0 Å². The Labute approximate surface area is 138 Å². The Kier molecular flexibility index (Phi) is 5.81. The number of carbonyl (C=O) groups is 2. The van der Waals surface area contributed by atoms with E-state index >= 15 is 0 Å². The summed E-state index contributed by atoms with van der Waals surface area (Å²) in [7, 11) is 0. The van der Waals surface area contributed by atoms with Gasteiger partial charge in [-0.15, -0.1) is 0 Å². The molecule has 2 aromatic rings. The van der Waals surface area contributed by atoms with Crippen LogP contribution in [0, 0.1) is 0 Å². The van der Waals surface area contributed by atoms with Crippen molar-refractivity contribution in [2.75, 3.05) is 0 Å². The van der Waals surface area contributed by atoms with E-state index in [9.17, 15) is 9.59 Å². The monoisotopic (exact) mass is 336 g/mol. The summed E-state index contributed by atoms with van der Waals surface area (Å²) in [6.07, 6.45) is 0.179. The topological polar surface area (TPSA) is 58.2 Å². The Hall–Kier alpha value is -2.04. The SMILES string of the molecule is O=C(Cc1ccccc1)NNC(=O)Cc1c(Cl)cccc1Cl. The van der Waals surface area contributed by atoms with E-state index in [1.54, 1.807) is 18.2 Å². The first kappa shape index (κ1) is 16.3. The fourth-order valence-electron chi connectivity index (χ4n) is 1.87. The third kappa shape index (κ3) is 4.76. The maximum absolute atomic E-state index is 11.8. The molecule has 2 aromatic carbocycles. The molecule has 0 aliphatic heterocycles. The van der Waals surface area contributed by atoms with E-state index in [-0.39, 0.29) is 18.7 Å². The van der Waals surface area contributed by atoms with Gasteiger partial charge in [0.1, 0.15) is 0 Å². The van der Waals surface area contributed by atoms with Crippen molar-refractivity contribution in [1.29, 1.82) is 0 Å². The summed E-state index contributed by atoms with van der Waals surface area (Å²) in [4.78, 5) is 23.6. The summed E-state index contributed by atoms with van der Waals surface area (Å²) in [5.74, 6) is -0.693. The number of hydrogen-bond donors (Lipinski definition) is 2. The van der Waals surface area contributed by atoms with Gasteiger partial charge in [-0.1, -0.05) is 59.6 Å². The van der Waals surface area contributed by atoms with Gasteiger partial charge in [-0.25, -0.2) is 0 Å². The molecule has 0 saturated heterocycles. The van der Waals surface area contributed by atoms with E-state index in [4.69, 9.17) is 23.2 Å². The van der Waals surface area contributed by atoms with Crippen molar-refractivity contribution < 1.29 is 9.59 Å². The molecule has 0 radical (unpaired) electrons. The maximum Gasteiger partial charge on any atom is 0.242 e. The fourth-order valence-corrected chi connectivity index (χ4v) is 2.40. The molecule has 0 aliphatic rings. The second-order valence-corrected chi connectivity index (χ2v) is 5.45. The fraction of sp³-hybridized carbons (Fsp3) is 0.125. The lowest BCUT2D eigenvalue weighted by Gasteiger charge is -2.09. The van der Waals surface area contributed by atoms with Crippen LogP contribution >= 0.6 is 23.2 Å². The Morgan fingerprint density at radius 1 is 0.773 bits per heavy atom. The van der Waals surface area contributed by atoms with Crippen molar-refractivity contribution in [3.8, 4) is 0 Å². The summed E-state index contributed by atoms with van der Waals surface area (Å²) < 4.78 is 0. The van der Waals surface area contributed by atoms with Crippen LogP contribution in [0.4, 0.5) is 0 Å². The van der Waals surface area contributed by atoms with Crippen LogP contribution in [0.1, 0.15) is 11.1 Å². The number of amides is 2. The zero-order chi connectivity index (χ0) is 15.9. The Balaban J connectivity index is 1.84. The van der Waals surface area contributed by atoms with Crippen molar-refractivity contribution >= 4 is 35.0 Å². The molecule has 2 N–H and O–H groups in total. The van der Waals surface area contributed by atoms with Gasteiger partial charge in [0.25, 0.3) is 0 Å². The molecule has 0 spiro atoms. The lowest BCUT2D eigenvalue weighted by atomic mass is 10.1. The molecule has 0 unspecified atom stereocenters. The Morgan fingerprint density at radius 3 is 1.91 bits per heavy atom. The van der Waals surface area contributed by atoms with Crippen LogP contribution in [0.5, 0.6) is 0 Å². The van der Waals surface area contributed by atoms with Crippen LogP contribution in [0.2, 0.25) is 10.0 Å². The van der Waals surface area contributed by atoms with Gasteiger partial charge in [0, 0.05) is 10.0 Å². The van der Waals surface area contributed by atoms with Crippen molar-refractivity contribution in [2.45, 2.75) is 12.8 Å². The van der Waals surface area contributed by atoms with Crippen LogP contribution in [-0.2, 0) is 22.4 Å². The number of nitrogens with one attached hydrogen (secondary N) is 2. The number of carbonyl (C=O) groups excluding carboxylic acids is 2. The van der Waals surface area contributed by atoms with Crippen molar-refractivity contribution in [3.05, 3.63) is 69.7 Å². The summed E-state index contributed by atoms with van der Waals surface area (Å²) in [5, 5.41) is 0.830. The molecule has 0 aliphatic carbocycles. The average molecular weight is 337 g/mol. The van der Waals surface area contributed by atoms with Crippen LogP contribution in [0.15, 0.2) is 48.5 Å². The molecule has 4 nitrogen and oxygen atoms in total. The highest BCUT2D eigenvalue weighted by atomic mass is 35.5. The summed E-state index contributed by atoms with van der Waals surface area (Å²) >= 11 is 12.0.